The van der Waals surface area contributed by atoms with Crippen molar-refractivity contribution >= 4 is 17.3 Å². The number of rotatable bonds is 3. The van der Waals surface area contributed by atoms with Gasteiger partial charge in [0.25, 0.3) is 0 Å². The average molecular weight is 244 g/mol. The average Bonchev–Trinajstić information content (AvgIpc) is 2.34. The van der Waals surface area contributed by atoms with Gasteiger partial charge in [0.15, 0.2) is 5.78 Å². The van der Waals surface area contributed by atoms with E-state index in [0.717, 1.165) is 5.56 Å². The molecule has 0 amide bonds. The normalized spacial score (nSPS) is 18.2. The van der Waals surface area contributed by atoms with E-state index in [1.807, 2.05) is 37.4 Å². The highest BCUT2D eigenvalue weighted by molar-refractivity contribution is 6.44. The van der Waals surface area contributed by atoms with E-state index in [2.05, 4.69) is 5.10 Å². The molecule has 0 bridgehead atoms. The lowest BCUT2D eigenvalue weighted by Crippen LogP contribution is -2.27. The molecule has 18 heavy (non-hydrogen) atoms. The number of benzene rings is 1. The summed E-state index contributed by atoms with van der Waals surface area (Å²) in [5.41, 5.74) is 1.66. The van der Waals surface area contributed by atoms with Gasteiger partial charge < -0.3 is 0 Å². The second kappa shape index (κ2) is 5.58. The summed E-state index contributed by atoms with van der Waals surface area (Å²) in [6.45, 7) is 0.658. The van der Waals surface area contributed by atoms with E-state index >= 15 is 0 Å². The monoisotopic (exact) mass is 244 g/mol. The van der Waals surface area contributed by atoms with Gasteiger partial charge >= 0.3 is 0 Å². The Hall–Kier alpha value is -1.97. The SMILES string of the molecule is CN(Cc1ccccc1)N=C1CCC(=O)CC1=O. The fourth-order valence-electron chi connectivity index (χ4n) is 1.96. The van der Waals surface area contributed by atoms with Crippen LogP contribution < -0.4 is 0 Å². The van der Waals surface area contributed by atoms with Crippen molar-refractivity contribution in [3.8, 4) is 0 Å². The zero-order valence-corrected chi connectivity index (χ0v) is 10.4. The molecule has 0 heterocycles. The Morgan fingerprint density at radius 3 is 2.56 bits per heavy atom. The zero-order valence-electron chi connectivity index (χ0n) is 10.4. The van der Waals surface area contributed by atoms with E-state index in [1.54, 1.807) is 5.01 Å². The standard InChI is InChI=1S/C14H16N2O2/c1-16(10-11-5-3-2-4-6-11)15-13-8-7-12(17)9-14(13)18/h2-6H,7-10H2,1H3. The molecule has 0 N–H and O–H groups in total. The van der Waals surface area contributed by atoms with Gasteiger partial charge in [0, 0.05) is 19.9 Å². The number of ketones is 2. The number of hydrazone groups is 1. The molecule has 4 nitrogen and oxygen atoms in total. The summed E-state index contributed by atoms with van der Waals surface area (Å²) in [6.07, 6.45) is 0.915. The molecule has 1 fully saturated rings. The molecule has 1 aliphatic rings. The second-order valence-electron chi connectivity index (χ2n) is 4.49. The van der Waals surface area contributed by atoms with Crippen molar-refractivity contribution in [3.63, 3.8) is 0 Å². The van der Waals surface area contributed by atoms with Crippen LogP contribution in [0.25, 0.3) is 0 Å². The van der Waals surface area contributed by atoms with Crippen molar-refractivity contribution in [3.05, 3.63) is 35.9 Å². The predicted molar refractivity (Wildman–Crippen MR) is 69.2 cm³/mol. The van der Waals surface area contributed by atoms with Gasteiger partial charge in [0.2, 0.25) is 0 Å². The Bertz CT molecular complexity index is 480. The Morgan fingerprint density at radius 1 is 1.17 bits per heavy atom. The minimum atomic E-state index is -0.133. The molecule has 1 saturated carbocycles. The Kier molecular flexibility index (Phi) is 3.87. The molecule has 0 spiro atoms. The van der Waals surface area contributed by atoms with Gasteiger partial charge in [-0.05, 0) is 5.56 Å². The first kappa shape index (κ1) is 12.5. The maximum Gasteiger partial charge on any atom is 0.186 e. The Labute approximate surface area is 106 Å². The summed E-state index contributed by atoms with van der Waals surface area (Å²) in [5.74, 6) is -0.115. The zero-order chi connectivity index (χ0) is 13.0. The van der Waals surface area contributed by atoms with Crippen LogP contribution in [0.3, 0.4) is 0 Å². The van der Waals surface area contributed by atoms with Crippen LogP contribution in [0.4, 0.5) is 0 Å². The minimum Gasteiger partial charge on any atom is -0.299 e. The van der Waals surface area contributed by atoms with Gasteiger partial charge in [-0.2, -0.15) is 5.10 Å². The van der Waals surface area contributed by atoms with E-state index < -0.39 is 0 Å². The first-order valence-electron chi connectivity index (χ1n) is 6.02. The number of Topliss-reactive ketones (excluding diaryl/α,β-unsaturated/α-hetero) is 2. The van der Waals surface area contributed by atoms with Crippen molar-refractivity contribution < 1.29 is 9.59 Å². The van der Waals surface area contributed by atoms with Crippen molar-refractivity contribution in [1.82, 2.24) is 5.01 Å². The molecule has 0 aliphatic heterocycles. The van der Waals surface area contributed by atoms with Crippen LogP contribution in [0.2, 0.25) is 0 Å². The number of carbonyl (C=O) groups excluding carboxylic acids is 2. The van der Waals surface area contributed by atoms with Crippen molar-refractivity contribution in [2.75, 3.05) is 7.05 Å². The van der Waals surface area contributed by atoms with Crippen LogP contribution in [0, 0.1) is 0 Å². The fourth-order valence-corrected chi connectivity index (χ4v) is 1.96. The van der Waals surface area contributed by atoms with Crippen molar-refractivity contribution in [2.24, 2.45) is 5.10 Å². The number of hydrogen-bond donors (Lipinski definition) is 0. The highest BCUT2D eigenvalue weighted by Gasteiger charge is 2.23. The molecule has 0 saturated heterocycles. The van der Waals surface area contributed by atoms with Gasteiger partial charge in [-0.3, -0.25) is 14.6 Å². The lowest BCUT2D eigenvalue weighted by molar-refractivity contribution is -0.125. The summed E-state index contributed by atoms with van der Waals surface area (Å²) in [5, 5.41) is 6.04. The Balaban J connectivity index is 2.00. The van der Waals surface area contributed by atoms with Crippen LogP contribution >= 0.6 is 0 Å². The van der Waals surface area contributed by atoms with Crippen LogP contribution in [-0.2, 0) is 16.1 Å². The molecule has 4 heteroatoms. The molecule has 0 unspecified atom stereocenters. The molecule has 1 aromatic carbocycles. The second-order valence-corrected chi connectivity index (χ2v) is 4.49. The van der Waals surface area contributed by atoms with Crippen LogP contribution in [-0.4, -0.2) is 29.3 Å². The van der Waals surface area contributed by atoms with Gasteiger partial charge in [-0.1, -0.05) is 30.3 Å². The molecule has 1 aliphatic carbocycles. The maximum absolute atomic E-state index is 11.6. The molecular weight excluding hydrogens is 228 g/mol. The van der Waals surface area contributed by atoms with Crippen LogP contribution in [0.5, 0.6) is 0 Å². The van der Waals surface area contributed by atoms with Gasteiger partial charge in [0.05, 0.1) is 13.0 Å². The van der Waals surface area contributed by atoms with Crippen LogP contribution in [0.1, 0.15) is 24.8 Å². The van der Waals surface area contributed by atoms with Gasteiger partial charge in [0.1, 0.15) is 11.5 Å². The quantitative estimate of drug-likeness (QED) is 0.601. The van der Waals surface area contributed by atoms with Crippen molar-refractivity contribution in [1.29, 1.82) is 0 Å². The van der Waals surface area contributed by atoms with Crippen LogP contribution in [0.15, 0.2) is 35.4 Å². The Morgan fingerprint density at radius 2 is 1.89 bits per heavy atom. The third-order valence-electron chi connectivity index (χ3n) is 2.87. The summed E-state index contributed by atoms with van der Waals surface area (Å²) < 4.78 is 0. The summed E-state index contributed by atoms with van der Waals surface area (Å²) >= 11 is 0. The lowest BCUT2D eigenvalue weighted by atomic mass is 9.96. The molecule has 1 aromatic rings. The van der Waals surface area contributed by atoms with E-state index in [9.17, 15) is 9.59 Å². The third kappa shape index (κ3) is 3.26. The number of hydrogen-bond acceptors (Lipinski definition) is 4. The summed E-state index contributed by atoms with van der Waals surface area (Å²) in [7, 11) is 1.84. The maximum atomic E-state index is 11.6. The summed E-state index contributed by atoms with van der Waals surface area (Å²) in [6, 6.07) is 9.94. The topological polar surface area (TPSA) is 49.7 Å². The van der Waals surface area contributed by atoms with E-state index in [-0.39, 0.29) is 18.0 Å². The molecule has 0 atom stereocenters. The highest BCUT2D eigenvalue weighted by Crippen LogP contribution is 2.11. The van der Waals surface area contributed by atoms with E-state index in [1.165, 1.54) is 0 Å². The predicted octanol–water partition coefficient (Wildman–Crippen LogP) is 1.80. The number of nitrogens with zero attached hydrogens (tertiary/aromatic N) is 2. The number of carbonyl (C=O) groups is 2. The molecule has 0 radical (unpaired) electrons. The molecule has 0 aromatic heterocycles. The molecule has 2 rings (SSSR count). The molecule has 94 valence electrons. The van der Waals surface area contributed by atoms with E-state index in [4.69, 9.17) is 0 Å². The lowest BCUT2D eigenvalue weighted by Gasteiger charge is -2.17. The fraction of sp³-hybridized carbons (Fsp3) is 0.357. The largest absolute Gasteiger partial charge is 0.299 e. The highest BCUT2D eigenvalue weighted by atomic mass is 16.1. The smallest absolute Gasteiger partial charge is 0.186 e. The third-order valence-corrected chi connectivity index (χ3v) is 2.87. The molecular formula is C14H16N2O2. The van der Waals surface area contributed by atoms with E-state index in [0.29, 0.717) is 25.1 Å². The minimum absolute atomic E-state index is 0.0119. The van der Waals surface area contributed by atoms with Gasteiger partial charge in [-0.25, -0.2) is 0 Å². The first-order valence-corrected chi connectivity index (χ1v) is 6.02. The summed E-state index contributed by atoms with van der Waals surface area (Å²) in [4.78, 5) is 22.7. The van der Waals surface area contributed by atoms with Crippen molar-refractivity contribution in [2.45, 2.75) is 25.8 Å². The van der Waals surface area contributed by atoms with Gasteiger partial charge in [-0.15, -0.1) is 0 Å². The first-order chi connectivity index (χ1) is 8.65.